The number of halogens is 3. The predicted molar refractivity (Wildman–Crippen MR) is 67.3 cm³/mol. The summed E-state index contributed by atoms with van der Waals surface area (Å²) in [7, 11) is -4.67. The summed E-state index contributed by atoms with van der Waals surface area (Å²) in [5, 5.41) is -0.546. The number of amides is 1. The van der Waals surface area contributed by atoms with Crippen molar-refractivity contribution in [3.8, 4) is 0 Å². The lowest BCUT2D eigenvalue weighted by Crippen LogP contribution is -2.45. The Morgan fingerprint density at radius 3 is 2.67 bits per heavy atom. The number of hydrogen-bond donors (Lipinski definition) is 1. The van der Waals surface area contributed by atoms with Crippen molar-refractivity contribution >= 4 is 27.5 Å². The molecule has 6 nitrogen and oxygen atoms in total. The number of rotatable bonds is 3. The standard InChI is InChI=1S/C11H10ClF2NO5S/c12-6-1-2-7(13)9(14)10(6)21(17,18)15-11(16)8-5-19-3-4-20-8/h1-2,8H,3-5H2,(H,15,16). The van der Waals surface area contributed by atoms with Gasteiger partial charge in [0.2, 0.25) is 0 Å². The zero-order valence-corrected chi connectivity index (χ0v) is 12.0. The van der Waals surface area contributed by atoms with Gasteiger partial charge in [-0.15, -0.1) is 0 Å². The van der Waals surface area contributed by atoms with Crippen molar-refractivity contribution in [2.75, 3.05) is 19.8 Å². The van der Waals surface area contributed by atoms with Gasteiger partial charge in [0.15, 0.2) is 17.7 Å². The fourth-order valence-electron chi connectivity index (χ4n) is 1.64. The van der Waals surface area contributed by atoms with Gasteiger partial charge in [-0.3, -0.25) is 4.79 Å². The Hall–Kier alpha value is -1.29. The number of carbonyl (C=O) groups excluding carboxylic acids is 1. The Kier molecular flexibility index (Phi) is 4.77. The Morgan fingerprint density at radius 2 is 2.05 bits per heavy atom. The Morgan fingerprint density at radius 1 is 1.33 bits per heavy atom. The van der Waals surface area contributed by atoms with Crippen LogP contribution < -0.4 is 4.72 Å². The molecule has 1 heterocycles. The van der Waals surface area contributed by atoms with E-state index in [1.54, 1.807) is 4.72 Å². The first-order valence-corrected chi connectivity index (χ1v) is 7.58. The maximum absolute atomic E-state index is 13.6. The molecular formula is C11H10ClF2NO5S. The van der Waals surface area contributed by atoms with Gasteiger partial charge in [0, 0.05) is 0 Å². The third-order valence-electron chi connectivity index (χ3n) is 2.61. The summed E-state index contributed by atoms with van der Waals surface area (Å²) in [6.45, 7) is 0.259. The van der Waals surface area contributed by atoms with Crippen LogP contribution in [-0.4, -0.2) is 40.2 Å². The quantitative estimate of drug-likeness (QED) is 0.824. The molecule has 0 saturated carbocycles. The lowest BCUT2D eigenvalue weighted by Gasteiger charge is -2.22. The second kappa shape index (κ2) is 6.22. The molecule has 1 N–H and O–H groups in total. The van der Waals surface area contributed by atoms with Crippen molar-refractivity contribution < 1.29 is 31.5 Å². The molecule has 0 radical (unpaired) electrons. The lowest BCUT2D eigenvalue weighted by atomic mass is 10.3. The molecule has 1 fully saturated rings. The summed E-state index contributed by atoms with van der Waals surface area (Å²) in [5.74, 6) is -4.11. The molecule has 2 rings (SSSR count). The first-order chi connectivity index (χ1) is 9.83. The second-order valence-corrected chi connectivity index (χ2v) is 6.10. The maximum Gasteiger partial charge on any atom is 0.268 e. The van der Waals surface area contributed by atoms with Crippen LogP contribution in [0.25, 0.3) is 0 Å². The minimum Gasteiger partial charge on any atom is -0.376 e. The zero-order valence-electron chi connectivity index (χ0n) is 10.4. The van der Waals surface area contributed by atoms with Crippen LogP contribution in [0.1, 0.15) is 0 Å². The number of benzene rings is 1. The van der Waals surface area contributed by atoms with Crippen molar-refractivity contribution in [2.24, 2.45) is 0 Å². The zero-order chi connectivity index (χ0) is 15.6. The third-order valence-corrected chi connectivity index (χ3v) is 4.45. The van der Waals surface area contributed by atoms with Gasteiger partial charge in [-0.05, 0) is 12.1 Å². The van der Waals surface area contributed by atoms with E-state index in [4.69, 9.17) is 21.1 Å². The first-order valence-electron chi connectivity index (χ1n) is 5.72. The van der Waals surface area contributed by atoms with Crippen LogP contribution in [0, 0.1) is 11.6 Å². The van der Waals surface area contributed by atoms with E-state index >= 15 is 0 Å². The number of sulfonamides is 1. The van der Waals surface area contributed by atoms with E-state index < -0.39 is 43.6 Å². The molecule has 0 spiro atoms. The van der Waals surface area contributed by atoms with Crippen molar-refractivity contribution in [2.45, 2.75) is 11.0 Å². The van der Waals surface area contributed by atoms with Crippen molar-refractivity contribution in [3.63, 3.8) is 0 Å². The molecule has 1 saturated heterocycles. The molecule has 1 aromatic carbocycles. The fraction of sp³-hybridized carbons (Fsp3) is 0.364. The molecule has 116 valence electrons. The maximum atomic E-state index is 13.6. The van der Waals surface area contributed by atoms with Crippen molar-refractivity contribution in [1.29, 1.82) is 0 Å². The van der Waals surface area contributed by atoms with Crippen molar-refractivity contribution in [1.82, 2.24) is 4.72 Å². The highest BCUT2D eigenvalue weighted by atomic mass is 35.5. The van der Waals surface area contributed by atoms with Gasteiger partial charge in [-0.1, -0.05) is 11.6 Å². The van der Waals surface area contributed by atoms with Crippen LogP contribution in [0.15, 0.2) is 17.0 Å². The Bertz CT molecular complexity index is 661. The minimum atomic E-state index is -4.67. The van der Waals surface area contributed by atoms with Crippen LogP contribution in [0.5, 0.6) is 0 Å². The summed E-state index contributed by atoms with van der Waals surface area (Å²) >= 11 is 5.56. The minimum absolute atomic E-state index is 0.118. The molecular weight excluding hydrogens is 332 g/mol. The van der Waals surface area contributed by atoms with Crippen molar-refractivity contribution in [3.05, 3.63) is 28.8 Å². The number of nitrogens with one attached hydrogen (secondary N) is 1. The summed E-state index contributed by atoms with van der Waals surface area (Å²) in [6, 6.07) is 1.55. The van der Waals surface area contributed by atoms with E-state index in [0.717, 1.165) is 6.07 Å². The van der Waals surface area contributed by atoms with Gasteiger partial charge < -0.3 is 9.47 Å². The average Bonchev–Trinajstić information content (AvgIpc) is 2.43. The monoisotopic (exact) mass is 341 g/mol. The number of carbonyl (C=O) groups is 1. The van der Waals surface area contributed by atoms with Gasteiger partial charge >= 0.3 is 0 Å². The van der Waals surface area contributed by atoms with E-state index in [2.05, 4.69) is 0 Å². The fourth-order valence-corrected chi connectivity index (χ4v) is 3.25. The predicted octanol–water partition coefficient (Wildman–Crippen LogP) is 0.839. The van der Waals surface area contributed by atoms with Crippen LogP contribution in [-0.2, 0) is 24.3 Å². The largest absolute Gasteiger partial charge is 0.376 e. The molecule has 1 atom stereocenters. The second-order valence-electron chi connectivity index (χ2n) is 4.08. The van der Waals surface area contributed by atoms with E-state index in [9.17, 15) is 22.0 Å². The summed E-state index contributed by atoms with van der Waals surface area (Å²) < 4.78 is 62.2. The van der Waals surface area contributed by atoms with Crippen LogP contribution in [0.4, 0.5) is 8.78 Å². The topological polar surface area (TPSA) is 81.7 Å². The molecule has 0 aromatic heterocycles. The number of ether oxygens (including phenoxy) is 2. The van der Waals surface area contributed by atoms with Gasteiger partial charge in [-0.25, -0.2) is 21.9 Å². The molecule has 1 unspecified atom stereocenters. The molecule has 10 heteroatoms. The molecule has 0 aliphatic carbocycles. The van der Waals surface area contributed by atoms with Crippen LogP contribution in [0.3, 0.4) is 0 Å². The SMILES string of the molecule is O=C(NS(=O)(=O)c1c(Cl)ccc(F)c1F)C1COCCO1. The van der Waals surface area contributed by atoms with Gasteiger partial charge in [0.25, 0.3) is 15.9 Å². The summed E-state index contributed by atoms with van der Waals surface area (Å²) in [4.78, 5) is 10.6. The molecule has 1 aliphatic rings. The average molecular weight is 342 g/mol. The van der Waals surface area contributed by atoms with E-state index in [1.165, 1.54) is 0 Å². The van der Waals surface area contributed by atoms with E-state index in [1.807, 2.05) is 0 Å². The smallest absolute Gasteiger partial charge is 0.268 e. The van der Waals surface area contributed by atoms with Crippen LogP contribution >= 0.6 is 11.6 Å². The van der Waals surface area contributed by atoms with Crippen LogP contribution in [0.2, 0.25) is 5.02 Å². The molecule has 21 heavy (non-hydrogen) atoms. The van der Waals surface area contributed by atoms with E-state index in [0.29, 0.717) is 6.07 Å². The Balaban J connectivity index is 2.26. The third kappa shape index (κ3) is 3.49. The summed E-state index contributed by atoms with van der Waals surface area (Å²) in [5.41, 5.74) is 0. The van der Waals surface area contributed by atoms with Gasteiger partial charge in [0.05, 0.1) is 24.8 Å². The molecule has 1 amide bonds. The molecule has 1 aromatic rings. The molecule has 0 bridgehead atoms. The first kappa shape index (κ1) is 16.1. The highest BCUT2D eigenvalue weighted by molar-refractivity contribution is 7.90. The normalized spacial score (nSPS) is 19.3. The van der Waals surface area contributed by atoms with E-state index in [-0.39, 0.29) is 19.8 Å². The lowest BCUT2D eigenvalue weighted by molar-refractivity contribution is -0.145. The van der Waals surface area contributed by atoms with Gasteiger partial charge in [-0.2, -0.15) is 0 Å². The summed E-state index contributed by atoms with van der Waals surface area (Å²) in [6.07, 6.45) is -1.15. The molecule has 1 aliphatic heterocycles. The number of hydrogen-bond acceptors (Lipinski definition) is 5. The Labute approximate surface area is 124 Å². The van der Waals surface area contributed by atoms with Gasteiger partial charge in [0.1, 0.15) is 4.90 Å². The highest BCUT2D eigenvalue weighted by Gasteiger charge is 2.31. The highest BCUT2D eigenvalue weighted by Crippen LogP contribution is 2.26.